The lowest BCUT2D eigenvalue weighted by atomic mass is 9.86. The second kappa shape index (κ2) is 12.7. The lowest BCUT2D eigenvalue weighted by molar-refractivity contribution is 0.474. The minimum atomic E-state index is 0.221. The molecular weight excluding hydrogens is 412 g/mol. The van der Waals surface area contributed by atoms with Gasteiger partial charge in [0.25, 0.3) is 0 Å². The summed E-state index contributed by atoms with van der Waals surface area (Å²) in [5.41, 5.74) is 10.8. The Labute approximate surface area is 196 Å². The van der Waals surface area contributed by atoms with Gasteiger partial charge in [-0.25, -0.2) is 0 Å². The molecule has 0 saturated heterocycles. The number of nitrogens with two attached hydrogens (primary N) is 1. The van der Waals surface area contributed by atoms with Crippen LogP contribution in [0.5, 0.6) is 17.2 Å². The molecule has 6 N–H and O–H groups in total. The molecule has 0 unspecified atom stereocenters. The summed E-state index contributed by atoms with van der Waals surface area (Å²) in [6.07, 6.45) is 5.30. The highest BCUT2D eigenvalue weighted by Crippen LogP contribution is 2.37. The van der Waals surface area contributed by atoms with Crippen molar-refractivity contribution in [3.8, 4) is 17.2 Å². The predicted octanol–water partition coefficient (Wildman–Crippen LogP) is 5.26. The summed E-state index contributed by atoms with van der Waals surface area (Å²) in [4.78, 5) is 0. The highest BCUT2D eigenvalue weighted by molar-refractivity contribution is 5.98. The molecule has 0 heterocycles. The molecule has 0 atom stereocenters. The van der Waals surface area contributed by atoms with Gasteiger partial charge in [0.05, 0.1) is 0 Å². The number of hydrogen-bond acceptors (Lipinski definition) is 5. The lowest BCUT2D eigenvalue weighted by Gasteiger charge is -2.18. The molecule has 0 aromatic heterocycles. The van der Waals surface area contributed by atoms with Crippen LogP contribution in [-0.2, 0) is 0 Å². The van der Waals surface area contributed by atoms with Gasteiger partial charge in [0.2, 0.25) is 0 Å². The molecule has 5 heteroatoms. The van der Waals surface area contributed by atoms with Crippen molar-refractivity contribution in [1.82, 2.24) is 5.32 Å². The smallest absolute Gasteiger partial charge is 0.115 e. The molecule has 0 amide bonds. The van der Waals surface area contributed by atoms with Crippen molar-refractivity contribution in [3.05, 3.63) is 89.5 Å². The van der Waals surface area contributed by atoms with Gasteiger partial charge in [-0.3, -0.25) is 0 Å². The number of phenolic OH excluding ortho intramolecular Hbond substituents is 3. The summed E-state index contributed by atoms with van der Waals surface area (Å²) < 4.78 is 0. The molecule has 0 aliphatic heterocycles. The quantitative estimate of drug-likeness (QED) is 0.193. The average Bonchev–Trinajstić information content (AvgIpc) is 2.82. The van der Waals surface area contributed by atoms with E-state index in [4.69, 9.17) is 5.73 Å². The zero-order valence-electron chi connectivity index (χ0n) is 19.0. The van der Waals surface area contributed by atoms with Gasteiger partial charge in [-0.05, 0) is 90.0 Å². The summed E-state index contributed by atoms with van der Waals surface area (Å²) in [6, 6.07) is 21.8. The number of phenols is 3. The van der Waals surface area contributed by atoms with Crippen molar-refractivity contribution >= 4 is 11.1 Å². The molecule has 0 radical (unpaired) electrons. The maximum absolute atomic E-state index is 9.82. The summed E-state index contributed by atoms with van der Waals surface area (Å²) in [5, 5.41) is 32.8. The van der Waals surface area contributed by atoms with Gasteiger partial charge in [0.15, 0.2) is 0 Å². The fraction of sp³-hybridized carbons (Fsp3) is 0.286. The first-order valence-corrected chi connectivity index (χ1v) is 11.6. The van der Waals surface area contributed by atoms with Crippen LogP contribution in [0.3, 0.4) is 0 Å². The highest BCUT2D eigenvalue weighted by atomic mass is 16.3. The topological polar surface area (TPSA) is 98.7 Å². The standard InChI is InChI=1S/C28H34N2O3/c29-18-20-30-19-4-2-1-3-5-27(21-6-12-24(31)13-7-21)28(22-8-14-25(32)15-9-22)23-10-16-26(33)17-11-23/h6-17,30-33H,1-5,18-20,29H2. The molecule has 0 fully saturated rings. The van der Waals surface area contributed by atoms with Gasteiger partial charge in [-0.1, -0.05) is 49.2 Å². The molecule has 33 heavy (non-hydrogen) atoms. The molecule has 0 aliphatic carbocycles. The minimum absolute atomic E-state index is 0.221. The summed E-state index contributed by atoms with van der Waals surface area (Å²) in [5.74, 6) is 0.676. The van der Waals surface area contributed by atoms with E-state index in [0.29, 0.717) is 6.54 Å². The van der Waals surface area contributed by atoms with Crippen molar-refractivity contribution in [2.24, 2.45) is 5.73 Å². The molecule has 174 valence electrons. The van der Waals surface area contributed by atoms with Crippen molar-refractivity contribution < 1.29 is 15.3 Å². The minimum Gasteiger partial charge on any atom is -0.508 e. The Kier molecular flexibility index (Phi) is 9.36. The number of hydrogen-bond donors (Lipinski definition) is 5. The maximum Gasteiger partial charge on any atom is 0.115 e. The molecule has 0 spiro atoms. The van der Waals surface area contributed by atoms with Crippen LogP contribution in [-0.4, -0.2) is 35.0 Å². The van der Waals surface area contributed by atoms with Crippen molar-refractivity contribution in [2.75, 3.05) is 19.6 Å². The van der Waals surface area contributed by atoms with E-state index < -0.39 is 0 Å². The van der Waals surface area contributed by atoms with E-state index in [1.165, 1.54) is 5.57 Å². The van der Waals surface area contributed by atoms with E-state index in [-0.39, 0.29) is 17.2 Å². The molecule has 0 saturated carbocycles. The van der Waals surface area contributed by atoms with Crippen LogP contribution in [0.1, 0.15) is 48.8 Å². The lowest BCUT2D eigenvalue weighted by Crippen LogP contribution is -2.23. The summed E-state index contributed by atoms with van der Waals surface area (Å²) in [7, 11) is 0. The third-order valence-corrected chi connectivity index (χ3v) is 5.68. The zero-order chi connectivity index (χ0) is 23.5. The fourth-order valence-electron chi connectivity index (χ4n) is 3.98. The van der Waals surface area contributed by atoms with Crippen molar-refractivity contribution in [3.63, 3.8) is 0 Å². The average molecular weight is 447 g/mol. The van der Waals surface area contributed by atoms with Gasteiger partial charge >= 0.3 is 0 Å². The number of allylic oxidation sites excluding steroid dienone is 1. The van der Waals surface area contributed by atoms with Crippen molar-refractivity contribution in [2.45, 2.75) is 32.1 Å². The zero-order valence-corrected chi connectivity index (χ0v) is 19.0. The Morgan fingerprint density at radius 3 is 1.52 bits per heavy atom. The van der Waals surface area contributed by atoms with Gasteiger partial charge < -0.3 is 26.4 Å². The molecular formula is C28H34N2O3. The van der Waals surface area contributed by atoms with Crippen LogP contribution in [0.25, 0.3) is 11.1 Å². The van der Waals surface area contributed by atoms with Crippen LogP contribution in [0.2, 0.25) is 0 Å². The Balaban J connectivity index is 1.93. The molecule has 3 aromatic carbocycles. The first kappa shape index (κ1) is 24.4. The third kappa shape index (κ3) is 7.38. The molecule has 0 aliphatic rings. The number of nitrogens with one attached hydrogen (secondary N) is 1. The predicted molar refractivity (Wildman–Crippen MR) is 135 cm³/mol. The Bertz CT molecular complexity index is 963. The van der Waals surface area contributed by atoms with E-state index in [0.717, 1.165) is 67.5 Å². The van der Waals surface area contributed by atoms with E-state index in [9.17, 15) is 15.3 Å². The van der Waals surface area contributed by atoms with Gasteiger partial charge in [0.1, 0.15) is 17.2 Å². The Morgan fingerprint density at radius 1 is 0.576 bits per heavy atom. The fourth-order valence-corrected chi connectivity index (χ4v) is 3.98. The molecule has 3 aromatic rings. The monoisotopic (exact) mass is 446 g/mol. The number of rotatable bonds is 12. The molecule has 5 nitrogen and oxygen atoms in total. The third-order valence-electron chi connectivity index (χ3n) is 5.68. The van der Waals surface area contributed by atoms with Crippen LogP contribution < -0.4 is 11.1 Å². The van der Waals surface area contributed by atoms with Gasteiger partial charge in [0, 0.05) is 13.1 Å². The first-order valence-electron chi connectivity index (χ1n) is 11.6. The van der Waals surface area contributed by atoms with Crippen LogP contribution in [0, 0.1) is 0 Å². The number of benzene rings is 3. The summed E-state index contributed by atoms with van der Waals surface area (Å²) in [6.45, 7) is 2.51. The molecule has 0 bridgehead atoms. The number of aromatic hydroxyl groups is 3. The van der Waals surface area contributed by atoms with E-state index in [1.807, 2.05) is 36.4 Å². The Morgan fingerprint density at radius 2 is 1.03 bits per heavy atom. The molecule has 3 rings (SSSR count). The van der Waals surface area contributed by atoms with Crippen LogP contribution >= 0.6 is 0 Å². The van der Waals surface area contributed by atoms with Crippen LogP contribution in [0.15, 0.2) is 72.8 Å². The van der Waals surface area contributed by atoms with E-state index in [2.05, 4.69) is 5.32 Å². The second-order valence-corrected chi connectivity index (χ2v) is 8.20. The van der Waals surface area contributed by atoms with E-state index in [1.54, 1.807) is 36.4 Å². The van der Waals surface area contributed by atoms with Crippen LogP contribution in [0.4, 0.5) is 0 Å². The maximum atomic E-state index is 9.82. The highest BCUT2D eigenvalue weighted by Gasteiger charge is 2.15. The second-order valence-electron chi connectivity index (χ2n) is 8.20. The normalized spacial score (nSPS) is 10.8. The number of unbranched alkanes of at least 4 members (excludes halogenated alkanes) is 3. The van der Waals surface area contributed by atoms with Gasteiger partial charge in [-0.2, -0.15) is 0 Å². The van der Waals surface area contributed by atoms with Gasteiger partial charge in [-0.15, -0.1) is 0 Å². The Hall–Kier alpha value is -3.28. The van der Waals surface area contributed by atoms with E-state index >= 15 is 0 Å². The summed E-state index contributed by atoms with van der Waals surface area (Å²) >= 11 is 0. The van der Waals surface area contributed by atoms with Crippen molar-refractivity contribution in [1.29, 1.82) is 0 Å². The largest absolute Gasteiger partial charge is 0.508 e. The SMILES string of the molecule is NCCNCCCCCCC(=C(c1ccc(O)cc1)c1ccc(O)cc1)c1ccc(O)cc1. The first-order chi connectivity index (χ1) is 16.1.